The highest BCUT2D eigenvalue weighted by Crippen LogP contribution is 2.20. The fourth-order valence-corrected chi connectivity index (χ4v) is 4.20. The van der Waals surface area contributed by atoms with Crippen LogP contribution in [0, 0.1) is 0 Å². The average molecular weight is 358 g/mol. The lowest BCUT2D eigenvalue weighted by atomic mass is 10.2. The van der Waals surface area contributed by atoms with Crippen LogP contribution >= 0.6 is 0 Å². The summed E-state index contributed by atoms with van der Waals surface area (Å²) in [6, 6.07) is 15.8. The molecule has 0 N–H and O–H groups in total. The number of nitrogens with zero attached hydrogens (tertiary/aromatic N) is 2. The Labute approximate surface area is 148 Å². The van der Waals surface area contributed by atoms with E-state index in [0.717, 1.165) is 31.5 Å². The van der Waals surface area contributed by atoms with Gasteiger partial charge in [0.05, 0.1) is 4.90 Å². The largest absolute Gasteiger partial charge is 0.339 e. The van der Waals surface area contributed by atoms with Gasteiger partial charge in [0.1, 0.15) is 0 Å². The Morgan fingerprint density at radius 2 is 1.72 bits per heavy atom. The number of sulfonamides is 1. The van der Waals surface area contributed by atoms with Crippen LogP contribution < -0.4 is 0 Å². The molecule has 1 aliphatic heterocycles. The molecule has 1 amide bonds. The van der Waals surface area contributed by atoms with Crippen molar-refractivity contribution in [1.82, 2.24) is 9.21 Å². The summed E-state index contributed by atoms with van der Waals surface area (Å²) in [4.78, 5) is 14.4. The van der Waals surface area contributed by atoms with Gasteiger partial charge in [-0.1, -0.05) is 36.4 Å². The summed E-state index contributed by atoms with van der Waals surface area (Å²) < 4.78 is 27.0. The van der Waals surface area contributed by atoms with Crippen LogP contribution in [0.25, 0.3) is 0 Å². The van der Waals surface area contributed by atoms with Crippen molar-refractivity contribution in [2.24, 2.45) is 0 Å². The maximum Gasteiger partial charge on any atom is 0.253 e. The minimum absolute atomic E-state index is 0.0970. The number of likely N-dealkylation sites (tertiary alicyclic amines) is 1. The third-order valence-corrected chi connectivity index (χ3v) is 6.23. The smallest absolute Gasteiger partial charge is 0.253 e. The first-order valence-corrected chi connectivity index (χ1v) is 9.82. The highest BCUT2D eigenvalue weighted by Gasteiger charge is 2.24. The molecule has 0 bridgehead atoms. The second-order valence-electron chi connectivity index (χ2n) is 6.27. The van der Waals surface area contributed by atoms with Crippen molar-refractivity contribution < 1.29 is 13.2 Å². The van der Waals surface area contributed by atoms with Crippen LogP contribution in [0.15, 0.2) is 59.5 Å². The molecule has 0 spiro atoms. The summed E-state index contributed by atoms with van der Waals surface area (Å²) >= 11 is 0. The van der Waals surface area contributed by atoms with Crippen LogP contribution in [0.5, 0.6) is 0 Å². The molecule has 1 fully saturated rings. The van der Waals surface area contributed by atoms with Gasteiger partial charge in [0.15, 0.2) is 0 Å². The number of rotatable bonds is 5. The highest BCUT2D eigenvalue weighted by molar-refractivity contribution is 7.89. The first kappa shape index (κ1) is 17.6. The normalized spacial score (nSPS) is 14.9. The van der Waals surface area contributed by atoms with E-state index in [4.69, 9.17) is 0 Å². The Morgan fingerprint density at radius 3 is 2.40 bits per heavy atom. The standard InChI is InChI=1S/C19H22N2O3S/c1-20(15-16-8-3-2-4-9-16)25(23,24)18-11-7-10-17(14-18)19(22)21-12-5-6-13-21/h2-4,7-11,14H,5-6,12-13,15H2,1H3. The SMILES string of the molecule is CN(Cc1ccccc1)S(=O)(=O)c1cccc(C(=O)N2CCCC2)c1. The van der Waals surface area contributed by atoms with E-state index in [1.54, 1.807) is 24.1 Å². The molecule has 0 atom stereocenters. The number of carbonyl (C=O) groups is 1. The van der Waals surface area contributed by atoms with Gasteiger partial charge < -0.3 is 4.90 Å². The zero-order valence-corrected chi connectivity index (χ0v) is 15.1. The molecule has 2 aromatic carbocycles. The summed E-state index contributed by atoms with van der Waals surface area (Å²) in [5, 5.41) is 0. The minimum Gasteiger partial charge on any atom is -0.339 e. The first-order valence-electron chi connectivity index (χ1n) is 8.38. The van der Waals surface area contributed by atoms with E-state index in [1.807, 2.05) is 30.3 Å². The molecular formula is C19H22N2O3S. The maximum absolute atomic E-state index is 12.8. The number of amides is 1. The van der Waals surface area contributed by atoms with Crippen LogP contribution in [-0.2, 0) is 16.6 Å². The number of carbonyl (C=O) groups excluding carboxylic acids is 1. The lowest BCUT2D eigenvalue weighted by molar-refractivity contribution is 0.0792. The van der Waals surface area contributed by atoms with Crippen molar-refractivity contribution in [3.05, 3.63) is 65.7 Å². The van der Waals surface area contributed by atoms with Crippen LogP contribution in [0.2, 0.25) is 0 Å². The van der Waals surface area contributed by atoms with Crippen molar-refractivity contribution in [3.8, 4) is 0 Å². The Morgan fingerprint density at radius 1 is 1.04 bits per heavy atom. The van der Waals surface area contributed by atoms with E-state index < -0.39 is 10.0 Å². The van der Waals surface area contributed by atoms with Crippen molar-refractivity contribution in [1.29, 1.82) is 0 Å². The molecule has 0 aliphatic carbocycles. The van der Waals surface area contributed by atoms with Crippen molar-refractivity contribution in [3.63, 3.8) is 0 Å². The van der Waals surface area contributed by atoms with Crippen LogP contribution in [0.3, 0.4) is 0 Å². The fraction of sp³-hybridized carbons (Fsp3) is 0.316. The molecule has 132 valence electrons. The number of benzene rings is 2. The summed E-state index contributed by atoms with van der Waals surface area (Å²) in [6.45, 7) is 1.76. The van der Waals surface area contributed by atoms with Crippen LogP contribution in [0.1, 0.15) is 28.8 Å². The molecular weight excluding hydrogens is 336 g/mol. The van der Waals surface area contributed by atoms with Crippen molar-refractivity contribution in [2.75, 3.05) is 20.1 Å². The summed E-state index contributed by atoms with van der Waals surface area (Å²) in [7, 11) is -2.10. The van der Waals surface area contributed by atoms with Crippen molar-refractivity contribution >= 4 is 15.9 Å². The van der Waals surface area contributed by atoms with E-state index >= 15 is 0 Å². The molecule has 0 radical (unpaired) electrons. The molecule has 0 unspecified atom stereocenters. The van der Waals surface area contributed by atoms with E-state index in [0.29, 0.717) is 5.56 Å². The fourth-order valence-electron chi connectivity index (χ4n) is 3.00. The zero-order valence-electron chi connectivity index (χ0n) is 14.3. The van der Waals surface area contributed by atoms with E-state index in [2.05, 4.69) is 0 Å². The van der Waals surface area contributed by atoms with Gasteiger partial charge in [0, 0.05) is 32.2 Å². The third-order valence-electron chi connectivity index (χ3n) is 4.43. The van der Waals surface area contributed by atoms with Gasteiger partial charge >= 0.3 is 0 Å². The molecule has 0 saturated carbocycles. The highest BCUT2D eigenvalue weighted by atomic mass is 32.2. The molecule has 5 nitrogen and oxygen atoms in total. The van der Waals surface area contributed by atoms with Gasteiger partial charge in [-0.05, 0) is 36.6 Å². The minimum atomic E-state index is -3.65. The van der Waals surface area contributed by atoms with Crippen LogP contribution in [-0.4, -0.2) is 43.7 Å². The Balaban J connectivity index is 1.82. The monoisotopic (exact) mass is 358 g/mol. The number of hydrogen-bond donors (Lipinski definition) is 0. The second kappa shape index (κ2) is 7.37. The molecule has 0 aromatic heterocycles. The molecule has 6 heteroatoms. The average Bonchev–Trinajstić information content (AvgIpc) is 3.16. The summed E-state index contributed by atoms with van der Waals surface area (Å²) in [5.41, 5.74) is 1.34. The van der Waals surface area contributed by atoms with E-state index in [9.17, 15) is 13.2 Å². The summed E-state index contributed by atoms with van der Waals surface area (Å²) in [6.07, 6.45) is 2.01. The predicted molar refractivity (Wildman–Crippen MR) is 96.7 cm³/mol. The van der Waals surface area contributed by atoms with E-state index in [-0.39, 0.29) is 17.3 Å². The number of hydrogen-bond acceptors (Lipinski definition) is 3. The molecule has 3 rings (SSSR count). The lowest BCUT2D eigenvalue weighted by Gasteiger charge is -2.19. The Bertz CT molecular complexity index is 844. The van der Waals surface area contributed by atoms with Crippen LogP contribution in [0.4, 0.5) is 0 Å². The van der Waals surface area contributed by atoms with Crippen molar-refractivity contribution in [2.45, 2.75) is 24.3 Å². The molecule has 1 saturated heterocycles. The lowest BCUT2D eigenvalue weighted by Crippen LogP contribution is -2.29. The predicted octanol–water partition coefficient (Wildman–Crippen LogP) is 2.74. The Kier molecular flexibility index (Phi) is 5.20. The molecule has 2 aromatic rings. The Hall–Kier alpha value is -2.18. The van der Waals surface area contributed by atoms with Gasteiger partial charge in [-0.3, -0.25) is 4.79 Å². The second-order valence-corrected chi connectivity index (χ2v) is 8.32. The topological polar surface area (TPSA) is 57.7 Å². The summed E-state index contributed by atoms with van der Waals surface area (Å²) in [5.74, 6) is -0.0970. The van der Waals surface area contributed by atoms with E-state index in [1.165, 1.54) is 16.4 Å². The maximum atomic E-state index is 12.8. The van der Waals surface area contributed by atoms with Gasteiger partial charge in [0.2, 0.25) is 10.0 Å². The quantitative estimate of drug-likeness (QED) is 0.826. The van der Waals surface area contributed by atoms with Gasteiger partial charge in [-0.25, -0.2) is 8.42 Å². The van der Waals surface area contributed by atoms with Gasteiger partial charge in [-0.2, -0.15) is 4.31 Å². The zero-order chi connectivity index (χ0) is 17.9. The van der Waals surface area contributed by atoms with Gasteiger partial charge in [0.25, 0.3) is 5.91 Å². The molecule has 1 aliphatic rings. The van der Waals surface area contributed by atoms with Gasteiger partial charge in [-0.15, -0.1) is 0 Å². The molecule has 25 heavy (non-hydrogen) atoms. The first-order chi connectivity index (χ1) is 12.0. The third kappa shape index (κ3) is 3.91. The molecule has 1 heterocycles.